The van der Waals surface area contributed by atoms with E-state index in [1.54, 1.807) is 4.90 Å². The lowest BCUT2D eigenvalue weighted by Crippen LogP contribution is -2.49. The number of anilines is 1. The molecule has 1 N–H and O–H groups in total. The van der Waals surface area contributed by atoms with Crippen LogP contribution in [0.25, 0.3) is 0 Å². The summed E-state index contributed by atoms with van der Waals surface area (Å²) in [5.74, 6) is -0.507. The van der Waals surface area contributed by atoms with Crippen LogP contribution in [0.5, 0.6) is 5.75 Å². The number of amides is 1. The van der Waals surface area contributed by atoms with Gasteiger partial charge in [0.2, 0.25) is 5.13 Å². The molecule has 0 unspecified atom stereocenters. The van der Waals surface area contributed by atoms with E-state index in [2.05, 4.69) is 14.3 Å². The Morgan fingerprint density at radius 3 is 2.64 bits per heavy atom. The molecule has 0 aliphatic carbocycles. The summed E-state index contributed by atoms with van der Waals surface area (Å²) in [5, 5.41) is 10.1. The molecule has 0 radical (unpaired) electrons. The molecule has 0 atom stereocenters. The Bertz CT molecular complexity index is 698. The van der Waals surface area contributed by atoms with Crippen molar-refractivity contribution in [3.8, 4) is 5.75 Å². The van der Waals surface area contributed by atoms with Gasteiger partial charge in [-0.2, -0.15) is 4.37 Å². The first-order chi connectivity index (χ1) is 10.5. The minimum Gasteiger partial charge on any atom is -0.508 e. The van der Waals surface area contributed by atoms with E-state index in [9.17, 15) is 14.3 Å². The molecule has 1 aliphatic rings. The number of aryl methyl sites for hydroxylation is 1. The predicted octanol–water partition coefficient (Wildman–Crippen LogP) is 1.65. The molecule has 8 heteroatoms. The molecule has 1 aromatic carbocycles. The van der Waals surface area contributed by atoms with Crippen LogP contribution in [0, 0.1) is 12.7 Å². The second kappa shape index (κ2) is 5.88. The van der Waals surface area contributed by atoms with Gasteiger partial charge in [0.25, 0.3) is 5.91 Å². The van der Waals surface area contributed by atoms with Crippen molar-refractivity contribution in [3.63, 3.8) is 0 Å². The van der Waals surface area contributed by atoms with Crippen LogP contribution in [0.4, 0.5) is 9.52 Å². The average molecular weight is 322 g/mol. The molecule has 22 heavy (non-hydrogen) atoms. The van der Waals surface area contributed by atoms with Crippen LogP contribution in [0.15, 0.2) is 18.2 Å². The maximum atomic E-state index is 13.8. The highest BCUT2D eigenvalue weighted by Crippen LogP contribution is 2.21. The Balaban J connectivity index is 1.67. The summed E-state index contributed by atoms with van der Waals surface area (Å²) in [6, 6.07) is 3.58. The van der Waals surface area contributed by atoms with E-state index in [4.69, 9.17) is 0 Å². The Kier molecular flexibility index (Phi) is 3.93. The van der Waals surface area contributed by atoms with E-state index in [-0.39, 0.29) is 17.2 Å². The molecule has 1 aliphatic heterocycles. The topological polar surface area (TPSA) is 69.6 Å². The van der Waals surface area contributed by atoms with Gasteiger partial charge < -0.3 is 14.9 Å². The van der Waals surface area contributed by atoms with Gasteiger partial charge in [-0.05, 0) is 19.1 Å². The van der Waals surface area contributed by atoms with Crippen molar-refractivity contribution < 1.29 is 14.3 Å². The van der Waals surface area contributed by atoms with Gasteiger partial charge in [-0.25, -0.2) is 9.37 Å². The molecular formula is C14H15FN4O2S. The number of rotatable bonds is 2. The first kappa shape index (κ1) is 14.7. The number of aromatic hydroxyl groups is 1. The molecular weight excluding hydrogens is 307 g/mol. The molecule has 2 aromatic rings. The summed E-state index contributed by atoms with van der Waals surface area (Å²) in [6.45, 7) is 4.11. The lowest BCUT2D eigenvalue weighted by atomic mass is 10.1. The first-order valence-corrected chi connectivity index (χ1v) is 7.65. The minimum absolute atomic E-state index is 0.0157. The fourth-order valence-corrected chi connectivity index (χ4v) is 3.09. The van der Waals surface area contributed by atoms with E-state index in [1.165, 1.54) is 23.7 Å². The lowest BCUT2D eigenvalue weighted by Gasteiger charge is -2.34. The Hall–Kier alpha value is -2.22. The number of piperazine rings is 1. The molecule has 1 amide bonds. The van der Waals surface area contributed by atoms with E-state index in [0.29, 0.717) is 26.2 Å². The maximum Gasteiger partial charge on any atom is 0.256 e. The molecule has 2 heterocycles. The fourth-order valence-electron chi connectivity index (χ4n) is 2.36. The van der Waals surface area contributed by atoms with Gasteiger partial charge in [0.1, 0.15) is 17.4 Å². The zero-order chi connectivity index (χ0) is 15.7. The average Bonchev–Trinajstić information content (AvgIpc) is 2.93. The monoisotopic (exact) mass is 322 g/mol. The molecule has 1 aromatic heterocycles. The number of carbonyl (C=O) groups excluding carboxylic acids is 1. The number of nitrogens with zero attached hydrogens (tertiary/aromatic N) is 4. The second-order valence-electron chi connectivity index (χ2n) is 5.07. The van der Waals surface area contributed by atoms with Crippen molar-refractivity contribution >= 4 is 22.6 Å². The molecule has 1 fully saturated rings. The maximum absolute atomic E-state index is 13.8. The van der Waals surface area contributed by atoms with Crippen molar-refractivity contribution in [3.05, 3.63) is 35.4 Å². The van der Waals surface area contributed by atoms with Gasteiger partial charge in [-0.1, -0.05) is 0 Å². The minimum atomic E-state index is -0.702. The van der Waals surface area contributed by atoms with Crippen LogP contribution in [0.3, 0.4) is 0 Å². The summed E-state index contributed by atoms with van der Waals surface area (Å²) in [7, 11) is 0. The molecule has 3 rings (SSSR count). The number of benzene rings is 1. The SMILES string of the molecule is Cc1nsc(N2CCN(C(=O)c3ccc(O)cc3F)CC2)n1. The molecule has 0 spiro atoms. The van der Waals surface area contributed by atoms with Gasteiger partial charge in [-0.3, -0.25) is 4.79 Å². The lowest BCUT2D eigenvalue weighted by molar-refractivity contribution is 0.0742. The Labute approximate surface area is 131 Å². The molecule has 6 nitrogen and oxygen atoms in total. The van der Waals surface area contributed by atoms with Crippen LogP contribution >= 0.6 is 11.5 Å². The van der Waals surface area contributed by atoms with Crippen LogP contribution in [0.2, 0.25) is 0 Å². The van der Waals surface area contributed by atoms with E-state index < -0.39 is 5.82 Å². The number of aromatic nitrogens is 2. The van der Waals surface area contributed by atoms with Crippen molar-refractivity contribution in [2.45, 2.75) is 6.92 Å². The summed E-state index contributed by atoms with van der Waals surface area (Å²) in [4.78, 5) is 20.3. The van der Waals surface area contributed by atoms with Gasteiger partial charge in [0.05, 0.1) is 5.56 Å². The number of hydrogen-bond acceptors (Lipinski definition) is 6. The third-order valence-corrected chi connectivity index (χ3v) is 4.41. The van der Waals surface area contributed by atoms with E-state index in [0.717, 1.165) is 17.0 Å². The third-order valence-electron chi connectivity index (χ3n) is 3.54. The van der Waals surface area contributed by atoms with Crippen molar-refractivity contribution in [1.29, 1.82) is 0 Å². The number of phenols is 1. The first-order valence-electron chi connectivity index (χ1n) is 6.87. The zero-order valence-corrected chi connectivity index (χ0v) is 12.8. The highest BCUT2D eigenvalue weighted by molar-refractivity contribution is 7.09. The van der Waals surface area contributed by atoms with E-state index >= 15 is 0 Å². The third kappa shape index (κ3) is 2.87. The number of phenolic OH excluding ortho intramolecular Hbond substituents is 1. The number of hydrogen-bond donors (Lipinski definition) is 1. The molecule has 1 saturated heterocycles. The fraction of sp³-hybridized carbons (Fsp3) is 0.357. The Morgan fingerprint density at radius 2 is 2.05 bits per heavy atom. The van der Waals surface area contributed by atoms with E-state index in [1.807, 2.05) is 6.92 Å². The smallest absolute Gasteiger partial charge is 0.256 e. The van der Waals surface area contributed by atoms with Crippen LogP contribution in [0.1, 0.15) is 16.2 Å². The van der Waals surface area contributed by atoms with Crippen molar-refractivity contribution in [2.75, 3.05) is 31.1 Å². The highest BCUT2D eigenvalue weighted by Gasteiger charge is 2.25. The Morgan fingerprint density at radius 1 is 1.32 bits per heavy atom. The highest BCUT2D eigenvalue weighted by atomic mass is 32.1. The predicted molar refractivity (Wildman–Crippen MR) is 80.8 cm³/mol. The zero-order valence-electron chi connectivity index (χ0n) is 12.0. The quantitative estimate of drug-likeness (QED) is 0.910. The summed E-state index contributed by atoms with van der Waals surface area (Å²) >= 11 is 1.34. The summed E-state index contributed by atoms with van der Waals surface area (Å²) < 4.78 is 17.9. The normalized spacial score (nSPS) is 15.2. The van der Waals surface area contributed by atoms with Crippen molar-refractivity contribution in [2.24, 2.45) is 0 Å². The molecule has 116 valence electrons. The van der Waals surface area contributed by atoms with Gasteiger partial charge in [0, 0.05) is 43.8 Å². The van der Waals surface area contributed by atoms with Gasteiger partial charge in [-0.15, -0.1) is 0 Å². The number of carbonyl (C=O) groups is 1. The molecule has 0 saturated carbocycles. The van der Waals surface area contributed by atoms with Crippen LogP contribution in [-0.4, -0.2) is 51.5 Å². The molecule has 0 bridgehead atoms. The van der Waals surface area contributed by atoms with Crippen LogP contribution in [-0.2, 0) is 0 Å². The number of halogens is 1. The van der Waals surface area contributed by atoms with Crippen molar-refractivity contribution in [1.82, 2.24) is 14.3 Å². The standard InChI is InChI=1S/C14H15FN4O2S/c1-9-16-14(22-17-9)19-6-4-18(5-7-19)13(21)11-3-2-10(20)8-12(11)15/h2-3,8,20H,4-7H2,1H3. The largest absolute Gasteiger partial charge is 0.508 e. The summed E-state index contributed by atoms with van der Waals surface area (Å²) in [6.07, 6.45) is 0. The second-order valence-corrected chi connectivity index (χ2v) is 5.80. The summed E-state index contributed by atoms with van der Waals surface area (Å²) in [5.41, 5.74) is -0.0157. The van der Waals surface area contributed by atoms with Gasteiger partial charge >= 0.3 is 0 Å². The van der Waals surface area contributed by atoms with Crippen LogP contribution < -0.4 is 4.90 Å². The van der Waals surface area contributed by atoms with Gasteiger partial charge in [0.15, 0.2) is 0 Å².